The van der Waals surface area contributed by atoms with Crippen LogP contribution in [0.25, 0.3) is 22.3 Å². The van der Waals surface area contributed by atoms with Crippen LogP contribution in [0.1, 0.15) is 26.3 Å². The monoisotopic (exact) mass is 485 g/mol. The van der Waals surface area contributed by atoms with E-state index in [9.17, 15) is 0 Å². The Balaban J connectivity index is 1.27. The van der Waals surface area contributed by atoms with E-state index in [1.807, 2.05) is 43.4 Å². The van der Waals surface area contributed by atoms with Gasteiger partial charge in [0.1, 0.15) is 18.0 Å². The predicted octanol–water partition coefficient (Wildman–Crippen LogP) is 4.14. The zero-order chi connectivity index (χ0) is 25.3. The Hall–Kier alpha value is -3.56. The summed E-state index contributed by atoms with van der Waals surface area (Å²) < 4.78 is 0. The van der Waals surface area contributed by atoms with Gasteiger partial charge >= 0.3 is 0 Å². The molecule has 9 heteroatoms. The van der Waals surface area contributed by atoms with E-state index in [4.69, 9.17) is 4.98 Å². The molecule has 188 valence electrons. The third kappa shape index (κ3) is 5.47. The summed E-state index contributed by atoms with van der Waals surface area (Å²) in [5, 5.41) is 3.34. The van der Waals surface area contributed by atoms with Gasteiger partial charge in [-0.25, -0.2) is 19.9 Å². The summed E-state index contributed by atoms with van der Waals surface area (Å²) in [5.74, 6) is 2.32. The molecule has 1 saturated heterocycles. The Morgan fingerprint density at radius 2 is 1.78 bits per heavy atom. The minimum atomic E-state index is 0.233. The fraction of sp³-hybridized carbons (Fsp3) is 0.407. The number of hydrogen-bond donors (Lipinski definition) is 2. The van der Waals surface area contributed by atoms with Gasteiger partial charge in [-0.2, -0.15) is 0 Å². The normalized spacial score (nSPS) is 15.4. The third-order valence-corrected chi connectivity index (χ3v) is 6.69. The first-order valence-corrected chi connectivity index (χ1v) is 12.4. The second-order valence-electron chi connectivity index (χ2n) is 10.6. The molecule has 3 aromatic heterocycles. The highest BCUT2D eigenvalue weighted by molar-refractivity contribution is 5.83. The average molecular weight is 486 g/mol. The highest BCUT2D eigenvalue weighted by atomic mass is 15.3. The fourth-order valence-corrected chi connectivity index (χ4v) is 4.57. The summed E-state index contributed by atoms with van der Waals surface area (Å²) in [6.45, 7) is 12.2. The van der Waals surface area contributed by atoms with Crippen molar-refractivity contribution in [2.75, 3.05) is 50.5 Å². The summed E-state index contributed by atoms with van der Waals surface area (Å²) >= 11 is 0. The molecule has 1 aromatic carbocycles. The minimum absolute atomic E-state index is 0.233. The zero-order valence-corrected chi connectivity index (χ0v) is 21.8. The van der Waals surface area contributed by atoms with Crippen molar-refractivity contribution in [2.24, 2.45) is 0 Å². The van der Waals surface area contributed by atoms with E-state index in [2.05, 4.69) is 74.0 Å². The van der Waals surface area contributed by atoms with Gasteiger partial charge in [0.25, 0.3) is 0 Å². The molecule has 1 aliphatic rings. The van der Waals surface area contributed by atoms with Crippen LogP contribution in [0.15, 0.2) is 48.9 Å². The van der Waals surface area contributed by atoms with Gasteiger partial charge in [0.05, 0.1) is 16.7 Å². The molecule has 5 rings (SSSR count). The van der Waals surface area contributed by atoms with Crippen LogP contribution in [0, 0.1) is 0 Å². The number of imidazole rings is 1. The number of H-pyrrole nitrogens is 1. The first kappa shape index (κ1) is 24.1. The largest absolute Gasteiger partial charge is 0.363 e. The summed E-state index contributed by atoms with van der Waals surface area (Å²) in [4.78, 5) is 28.4. The average Bonchev–Trinajstić information content (AvgIpc) is 3.25. The van der Waals surface area contributed by atoms with Gasteiger partial charge in [-0.3, -0.25) is 9.80 Å². The molecule has 0 spiro atoms. The first-order valence-electron chi connectivity index (χ1n) is 12.4. The van der Waals surface area contributed by atoms with Crippen LogP contribution >= 0.6 is 0 Å². The summed E-state index contributed by atoms with van der Waals surface area (Å²) in [5.41, 5.74) is 5.18. The van der Waals surface area contributed by atoms with Gasteiger partial charge in [-0.1, -0.05) is 6.07 Å². The fourth-order valence-electron chi connectivity index (χ4n) is 4.57. The summed E-state index contributed by atoms with van der Waals surface area (Å²) in [7, 11) is 3.94. The van der Waals surface area contributed by atoms with Gasteiger partial charge < -0.3 is 15.2 Å². The number of aromatic nitrogens is 5. The Labute approximate surface area is 212 Å². The molecular weight excluding hydrogens is 450 g/mol. The molecule has 1 aliphatic heterocycles. The Bertz CT molecular complexity index is 1330. The molecule has 0 unspecified atom stereocenters. The number of pyridine rings is 1. The van der Waals surface area contributed by atoms with Crippen molar-refractivity contribution < 1.29 is 0 Å². The van der Waals surface area contributed by atoms with Crippen LogP contribution in [0.5, 0.6) is 0 Å². The number of aromatic amines is 1. The van der Waals surface area contributed by atoms with E-state index in [0.29, 0.717) is 5.95 Å². The van der Waals surface area contributed by atoms with Crippen LogP contribution in [0.3, 0.4) is 0 Å². The Morgan fingerprint density at radius 3 is 2.53 bits per heavy atom. The van der Waals surface area contributed by atoms with Crippen LogP contribution in [0.4, 0.5) is 17.6 Å². The van der Waals surface area contributed by atoms with Crippen molar-refractivity contribution in [1.82, 2.24) is 34.7 Å². The first-order chi connectivity index (χ1) is 17.2. The zero-order valence-electron chi connectivity index (χ0n) is 21.8. The second-order valence-corrected chi connectivity index (χ2v) is 10.6. The molecule has 1 fully saturated rings. The maximum atomic E-state index is 4.70. The molecule has 2 N–H and O–H groups in total. The molecule has 0 radical (unpaired) electrons. The number of benzene rings is 1. The molecule has 4 heterocycles. The summed E-state index contributed by atoms with van der Waals surface area (Å²) in [6.07, 6.45) is 3.46. The van der Waals surface area contributed by atoms with Crippen molar-refractivity contribution in [2.45, 2.75) is 32.9 Å². The molecule has 0 bridgehead atoms. The van der Waals surface area contributed by atoms with E-state index in [1.54, 1.807) is 6.33 Å². The lowest BCUT2D eigenvalue weighted by molar-refractivity contribution is 0.0591. The third-order valence-electron chi connectivity index (χ3n) is 6.69. The quantitative estimate of drug-likeness (QED) is 0.421. The highest BCUT2D eigenvalue weighted by Crippen LogP contribution is 2.25. The smallest absolute Gasteiger partial charge is 0.206 e. The molecule has 9 nitrogen and oxygen atoms in total. The maximum Gasteiger partial charge on any atom is 0.206 e. The van der Waals surface area contributed by atoms with Gasteiger partial charge in [-0.05, 0) is 50.6 Å². The number of nitrogens with zero attached hydrogens (tertiary/aromatic N) is 7. The van der Waals surface area contributed by atoms with E-state index >= 15 is 0 Å². The van der Waals surface area contributed by atoms with Crippen molar-refractivity contribution in [3.63, 3.8) is 0 Å². The standard InChI is InChI=1S/C27H35N9/c1-27(2,3)36-12-10-35(11-13-36)17-19-8-9-28-24(14-19)33-26-31-21-7-6-20(15-23(21)32-26)22-16-25(34(4)5)30-18-29-22/h6-9,14-16,18H,10-13,17H2,1-5H3,(H2,28,31,32,33). The molecule has 0 atom stereocenters. The molecule has 0 aliphatic carbocycles. The maximum absolute atomic E-state index is 4.70. The number of piperazine rings is 1. The highest BCUT2D eigenvalue weighted by Gasteiger charge is 2.25. The molecular formula is C27H35N9. The number of anilines is 3. The molecule has 4 aromatic rings. The van der Waals surface area contributed by atoms with E-state index in [0.717, 1.165) is 66.7 Å². The van der Waals surface area contributed by atoms with Crippen molar-refractivity contribution >= 4 is 28.6 Å². The minimum Gasteiger partial charge on any atom is -0.363 e. The lowest BCUT2D eigenvalue weighted by atomic mass is 10.0. The lowest BCUT2D eigenvalue weighted by Crippen LogP contribution is -2.53. The van der Waals surface area contributed by atoms with Crippen molar-refractivity contribution in [3.8, 4) is 11.3 Å². The molecule has 36 heavy (non-hydrogen) atoms. The Morgan fingerprint density at radius 1 is 0.972 bits per heavy atom. The number of fused-ring (bicyclic) bond motifs is 1. The predicted molar refractivity (Wildman–Crippen MR) is 146 cm³/mol. The van der Waals surface area contributed by atoms with Crippen molar-refractivity contribution in [3.05, 3.63) is 54.5 Å². The van der Waals surface area contributed by atoms with Crippen LogP contribution < -0.4 is 10.2 Å². The summed E-state index contributed by atoms with van der Waals surface area (Å²) in [6, 6.07) is 12.3. The Kier molecular flexibility index (Phi) is 6.59. The van der Waals surface area contributed by atoms with E-state index < -0.39 is 0 Å². The van der Waals surface area contributed by atoms with Crippen LogP contribution in [-0.2, 0) is 6.54 Å². The van der Waals surface area contributed by atoms with Gasteiger partial charge in [0.2, 0.25) is 5.95 Å². The number of hydrogen-bond acceptors (Lipinski definition) is 8. The number of rotatable bonds is 6. The van der Waals surface area contributed by atoms with E-state index in [-0.39, 0.29) is 5.54 Å². The van der Waals surface area contributed by atoms with Crippen LogP contribution in [-0.4, -0.2) is 80.5 Å². The lowest BCUT2D eigenvalue weighted by Gasteiger charge is -2.42. The topological polar surface area (TPSA) is 89.1 Å². The molecule has 0 saturated carbocycles. The molecule has 0 amide bonds. The number of nitrogens with one attached hydrogen (secondary N) is 2. The van der Waals surface area contributed by atoms with E-state index in [1.165, 1.54) is 5.56 Å². The van der Waals surface area contributed by atoms with Crippen molar-refractivity contribution in [1.29, 1.82) is 0 Å². The van der Waals surface area contributed by atoms with Crippen LogP contribution in [0.2, 0.25) is 0 Å². The van der Waals surface area contributed by atoms with Gasteiger partial charge in [0, 0.05) is 70.2 Å². The van der Waals surface area contributed by atoms with Gasteiger partial charge in [0.15, 0.2) is 0 Å². The SMILES string of the molecule is CN(C)c1cc(-c2ccc3nc(Nc4cc(CN5CCN(C(C)(C)C)CC5)ccn4)[nH]c3c2)ncn1. The van der Waals surface area contributed by atoms with Gasteiger partial charge in [-0.15, -0.1) is 0 Å². The second kappa shape index (κ2) is 9.83.